The molecule has 0 bridgehead atoms. The number of amides is 5. The maximum Gasteiger partial charge on any atom is 0.326 e. The van der Waals surface area contributed by atoms with Crippen LogP contribution in [0.2, 0.25) is 0 Å². The summed E-state index contributed by atoms with van der Waals surface area (Å²) < 4.78 is 0. The van der Waals surface area contributed by atoms with Crippen molar-refractivity contribution in [1.82, 2.24) is 16.0 Å². The zero-order valence-electron chi connectivity index (χ0n) is 19.1. The number of carbonyl (C=O) groups is 6. The van der Waals surface area contributed by atoms with E-state index in [1.807, 2.05) is 0 Å². The first-order valence-corrected chi connectivity index (χ1v) is 12.0. The van der Waals surface area contributed by atoms with Crippen molar-refractivity contribution in [2.45, 2.75) is 62.7 Å². The minimum Gasteiger partial charge on any atom is -0.480 e. The minimum atomic E-state index is -1.57. The minimum absolute atomic E-state index is 0.127. The van der Waals surface area contributed by atoms with Gasteiger partial charge in [0.25, 0.3) is 0 Å². The SMILES string of the molecule is CSCCC(NC(=O)C(N)CC(N)=O)C(=O)NC(CCCCN)C(=O)NC(CC(N)=O)C(=O)O. The van der Waals surface area contributed by atoms with E-state index in [0.29, 0.717) is 25.1 Å². The molecular weight excluding hydrogens is 470 g/mol. The van der Waals surface area contributed by atoms with E-state index < -0.39 is 72.5 Å². The molecule has 0 heterocycles. The molecule has 15 heteroatoms. The van der Waals surface area contributed by atoms with Gasteiger partial charge in [0.2, 0.25) is 29.5 Å². The summed E-state index contributed by atoms with van der Waals surface area (Å²) >= 11 is 1.41. The Hall–Kier alpha value is -2.91. The van der Waals surface area contributed by atoms with E-state index in [1.165, 1.54) is 11.8 Å². The van der Waals surface area contributed by atoms with Gasteiger partial charge in [-0.25, -0.2) is 4.79 Å². The molecule has 0 aliphatic rings. The molecule has 0 aromatic carbocycles. The van der Waals surface area contributed by atoms with Crippen molar-refractivity contribution in [2.24, 2.45) is 22.9 Å². The average Bonchev–Trinajstić information content (AvgIpc) is 2.74. The second kappa shape index (κ2) is 16.7. The molecule has 0 aromatic rings. The van der Waals surface area contributed by atoms with E-state index in [1.54, 1.807) is 6.26 Å². The molecule has 4 atom stereocenters. The van der Waals surface area contributed by atoms with Crippen LogP contribution in [0.4, 0.5) is 0 Å². The largest absolute Gasteiger partial charge is 0.480 e. The third kappa shape index (κ3) is 13.0. The highest BCUT2D eigenvalue weighted by molar-refractivity contribution is 7.98. The zero-order valence-corrected chi connectivity index (χ0v) is 19.9. The highest BCUT2D eigenvalue weighted by Crippen LogP contribution is 2.07. The Morgan fingerprint density at radius 1 is 0.794 bits per heavy atom. The van der Waals surface area contributed by atoms with Crippen LogP contribution >= 0.6 is 11.8 Å². The lowest BCUT2D eigenvalue weighted by atomic mass is 10.1. The van der Waals surface area contributed by atoms with Crippen LogP contribution in [0.5, 0.6) is 0 Å². The fourth-order valence-corrected chi connectivity index (χ4v) is 3.27. The van der Waals surface area contributed by atoms with Gasteiger partial charge in [-0.05, 0) is 44.2 Å². The fourth-order valence-electron chi connectivity index (χ4n) is 2.80. The molecule has 194 valence electrons. The van der Waals surface area contributed by atoms with Gasteiger partial charge in [0.15, 0.2) is 0 Å². The standard InChI is InChI=1S/C19H35N7O7S/c1-34-7-5-12(24-16(29)10(21)8-14(22)27)18(31)25-11(4-2-3-6-20)17(30)26-13(19(32)33)9-15(23)28/h10-13H,2-9,20-21H2,1H3,(H2,22,27)(H2,23,28)(H,24,29)(H,25,31)(H,26,30)(H,32,33). The quantitative estimate of drug-likeness (QED) is 0.0851. The number of thioether (sulfide) groups is 1. The second-order valence-electron chi connectivity index (χ2n) is 7.54. The van der Waals surface area contributed by atoms with Crippen molar-refractivity contribution in [1.29, 1.82) is 0 Å². The molecule has 0 saturated heterocycles. The normalized spacial score (nSPS) is 14.2. The summed E-state index contributed by atoms with van der Waals surface area (Å²) in [6, 6.07) is -5.07. The predicted octanol–water partition coefficient (Wildman–Crippen LogP) is -3.51. The summed E-state index contributed by atoms with van der Waals surface area (Å²) in [5.41, 5.74) is 21.2. The molecule has 34 heavy (non-hydrogen) atoms. The summed E-state index contributed by atoms with van der Waals surface area (Å²) in [6.45, 7) is 0.339. The van der Waals surface area contributed by atoms with Gasteiger partial charge in [-0.2, -0.15) is 11.8 Å². The third-order valence-electron chi connectivity index (χ3n) is 4.60. The molecule has 12 N–H and O–H groups in total. The summed E-state index contributed by atoms with van der Waals surface area (Å²) in [5, 5.41) is 16.4. The van der Waals surface area contributed by atoms with Crippen molar-refractivity contribution in [2.75, 3.05) is 18.6 Å². The van der Waals surface area contributed by atoms with Crippen LogP contribution in [0.15, 0.2) is 0 Å². The lowest BCUT2D eigenvalue weighted by molar-refractivity contribution is -0.143. The molecular formula is C19H35N7O7S. The number of nitrogens with one attached hydrogen (secondary N) is 3. The Morgan fingerprint density at radius 3 is 1.76 bits per heavy atom. The molecule has 0 fully saturated rings. The number of primary amides is 2. The van der Waals surface area contributed by atoms with Crippen molar-refractivity contribution >= 4 is 47.3 Å². The van der Waals surface area contributed by atoms with Gasteiger partial charge in [0, 0.05) is 0 Å². The molecule has 0 aliphatic heterocycles. The number of aliphatic carboxylic acids is 1. The van der Waals surface area contributed by atoms with E-state index >= 15 is 0 Å². The van der Waals surface area contributed by atoms with Crippen LogP contribution in [-0.4, -0.2) is 83.3 Å². The van der Waals surface area contributed by atoms with Crippen LogP contribution in [-0.2, 0) is 28.8 Å². The van der Waals surface area contributed by atoms with Crippen molar-refractivity contribution < 1.29 is 33.9 Å². The Kier molecular flexibility index (Phi) is 15.2. The Labute approximate surface area is 201 Å². The summed E-state index contributed by atoms with van der Waals surface area (Å²) in [4.78, 5) is 71.4. The maximum absolute atomic E-state index is 12.9. The monoisotopic (exact) mass is 505 g/mol. The molecule has 0 spiro atoms. The Bertz CT molecular complexity index is 738. The van der Waals surface area contributed by atoms with Crippen molar-refractivity contribution in [3.8, 4) is 0 Å². The highest BCUT2D eigenvalue weighted by Gasteiger charge is 2.30. The number of carboxylic acid groups (broad SMARTS) is 1. The number of carboxylic acids is 1. The summed E-state index contributed by atoms with van der Waals surface area (Å²) in [7, 11) is 0. The lowest BCUT2D eigenvalue weighted by Gasteiger charge is -2.25. The van der Waals surface area contributed by atoms with E-state index in [4.69, 9.17) is 22.9 Å². The van der Waals surface area contributed by atoms with Crippen LogP contribution < -0.4 is 38.9 Å². The second-order valence-corrected chi connectivity index (χ2v) is 8.52. The van der Waals surface area contributed by atoms with Crippen LogP contribution in [0.1, 0.15) is 38.5 Å². The van der Waals surface area contributed by atoms with Gasteiger partial charge >= 0.3 is 5.97 Å². The van der Waals surface area contributed by atoms with Gasteiger partial charge in [0.1, 0.15) is 18.1 Å². The molecule has 4 unspecified atom stereocenters. The van der Waals surface area contributed by atoms with Crippen molar-refractivity contribution in [3.05, 3.63) is 0 Å². The smallest absolute Gasteiger partial charge is 0.326 e. The van der Waals surface area contributed by atoms with E-state index in [0.717, 1.165) is 0 Å². The summed E-state index contributed by atoms with van der Waals surface area (Å²) in [6.07, 6.45) is 2.05. The summed E-state index contributed by atoms with van der Waals surface area (Å²) in [5.74, 6) is -5.00. The van der Waals surface area contributed by atoms with Crippen LogP contribution in [0, 0.1) is 0 Å². The van der Waals surface area contributed by atoms with Gasteiger partial charge in [-0.3, -0.25) is 24.0 Å². The number of carbonyl (C=O) groups excluding carboxylic acids is 5. The first-order chi connectivity index (χ1) is 15.9. The molecule has 5 amide bonds. The van der Waals surface area contributed by atoms with Crippen molar-refractivity contribution in [3.63, 3.8) is 0 Å². The van der Waals surface area contributed by atoms with Crippen LogP contribution in [0.25, 0.3) is 0 Å². The van der Waals surface area contributed by atoms with Gasteiger partial charge in [-0.15, -0.1) is 0 Å². The van der Waals surface area contributed by atoms with Gasteiger partial charge < -0.3 is 44.0 Å². The number of unbranched alkanes of at least 4 members (excludes halogenated alkanes) is 1. The first kappa shape index (κ1) is 31.1. The van der Waals surface area contributed by atoms with E-state index in [9.17, 15) is 33.9 Å². The Morgan fingerprint density at radius 2 is 1.29 bits per heavy atom. The first-order valence-electron chi connectivity index (χ1n) is 10.6. The molecule has 0 saturated carbocycles. The number of rotatable bonds is 18. The maximum atomic E-state index is 12.9. The molecule has 0 rings (SSSR count). The fraction of sp³-hybridized carbons (Fsp3) is 0.684. The topological polar surface area (TPSA) is 263 Å². The molecule has 14 nitrogen and oxygen atoms in total. The predicted molar refractivity (Wildman–Crippen MR) is 125 cm³/mol. The number of nitrogens with two attached hydrogens (primary N) is 4. The number of hydrogen-bond acceptors (Lipinski definition) is 9. The van der Waals surface area contributed by atoms with Gasteiger partial charge in [-0.1, -0.05) is 0 Å². The Balaban J connectivity index is 5.50. The molecule has 0 aliphatic carbocycles. The lowest BCUT2D eigenvalue weighted by Crippen LogP contribution is -2.57. The third-order valence-corrected chi connectivity index (χ3v) is 5.25. The zero-order chi connectivity index (χ0) is 26.3. The highest BCUT2D eigenvalue weighted by atomic mass is 32.2. The van der Waals surface area contributed by atoms with E-state index in [2.05, 4.69) is 16.0 Å². The van der Waals surface area contributed by atoms with Gasteiger partial charge in [0.05, 0.1) is 18.9 Å². The molecule has 0 aromatic heterocycles. The molecule has 0 radical (unpaired) electrons. The van der Waals surface area contributed by atoms with Crippen LogP contribution in [0.3, 0.4) is 0 Å². The average molecular weight is 506 g/mol. The van der Waals surface area contributed by atoms with E-state index in [-0.39, 0.29) is 12.8 Å². The number of hydrogen-bond donors (Lipinski definition) is 8.